The molecule has 1 aromatic rings. The lowest BCUT2D eigenvalue weighted by molar-refractivity contribution is -0.146. The Morgan fingerprint density at radius 2 is 1.86 bits per heavy atom. The van der Waals surface area contributed by atoms with Gasteiger partial charge < -0.3 is 15.0 Å². The number of aliphatic imine (C=N–C) groups is 1. The number of benzene rings is 1. The second-order valence-corrected chi connectivity index (χ2v) is 8.27. The van der Waals surface area contributed by atoms with E-state index in [0.29, 0.717) is 6.04 Å². The zero-order valence-electron chi connectivity index (χ0n) is 18.2. The number of piperidine rings is 2. The van der Waals surface area contributed by atoms with Crippen molar-refractivity contribution in [2.24, 2.45) is 10.9 Å². The number of esters is 1. The topological polar surface area (TPSA) is 57.2 Å². The van der Waals surface area contributed by atoms with E-state index in [-0.39, 0.29) is 11.9 Å². The highest BCUT2D eigenvalue weighted by Crippen LogP contribution is 2.21. The second-order valence-electron chi connectivity index (χ2n) is 8.27. The standard InChI is InChI=1S/C23H36N4O2/c1-18-8-6-7-13-27(18)17-21-10-5-4-9-20(21)16-25-23(24-2)26-14-11-19(12-15-26)22(28)29-3/h4-5,9-10,18-19H,6-8,11-17H2,1-3H3,(H,24,25). The number of rotatable bonds is 5. The lowest BCUT2D eigenvalue weighted by Gasteiger charge is -2.34. The van der Waals surface area contributed by atoms with Crippen LogP contribution in [0.4, 0.5) is 0 Å². The van der Waals surface area contributed by atoms with Crippen LogP contribution in [0.2, 0.25) is 0 Å². The van der Waals surface area contributed by atoms with Crippen LogP contribution in [-0.2, 0) is 22.6 Å². The Labute approximate surface area is 175 Å². The molecule has 0 aromatic heterocycles. The van der Waals surface area contributed by atoms with Gasteiger partial charge in [0.1, 0.15) is 0 Å². The van der Waals surface area contributed by atoms with Crippen LogP contribution in [0.15, 0.2) is 29.3 Å². The molecule has 1 unspecified atom stereocenters. The van der Waals surface area contributed by atoms with Crippen LogP contribution in [0.5, 0.6) is 0 Å². The summed E-state index contributed by atoms with van der Waals surface area (Å²) in [5, 5.41) is 3.54. The van der Waals surface area contributed by atoms with E-state index in [1.165, 1.54) is 44.0 Å². The summed E-state index contributed by atoms with van der Waals surface area (Å²) in [6.45, 7) is 6.97. The van der Waals surface area contributed by atoms with Crippen LogP contribution < -0.4 is 5.32 Å². The minimum Gasteiger partial charge on any atom is -0.469 e. The monoisotopic (exact) mass is 400 g/mol. The molecule has 2 heterocycles. The van der Waals surface area contributed by atoms with Crippen LogP contribution in [0.25, 0.3) is 0 Å². The molecule has 0 saturated carbocycles. The van der Waals surface area contributed by atoms with E-state index < -0.39 is 0 Å². The van der Waals surface area contributed by atoms with Crippen molar-refractivity contribution in [3.8, 4) is 0 Å². The van der Waals surface area contributed by atoms with Crippen LogP contribution in [0.1, 0.15) is 50.2 Å². The Morgan fingerprint density at radius 1 is 1.14 bits per heavy atom. The Morgan fingerprint density at radius 3 is 2.52 bits per heavy atom. The zero-order valence-corrected chi connectivity index (χ0v) is 18.2. The highest BCUT2D eigenvalue weighted by atomic mass is 16.5. The summed E-state index contributed by atoms with van der Waals surface area (Å²) in [7, 11) is 3.30. The van der Waals surface area contributed by atoms with Crippen molar-refractivity contribution in [3.05, 3.63) is 35.4 Å². The second kappa shape index (κ2) is 10.6. The predicted molar refractivity (Wildman–Crippen MR) is 117 cm³/mol. The molecule has 0 amide bonds. The third-order valence-electron chi connectivity index (χ3n) is 6.41. The third kappa shape index (κ3) is 5.72. The van der Waals surface area contributed by atoms with Crippen molar-refractivity contribution in [2.45, 2.75) is 58.2 Å². The fourth-order valence-electron chi connectivity index (χ4n) is 4.50. The fraction of sp³-hybridized carbons (Fsp3) is 0.652. The van der Waals surface area contributed by atoms with Gasteiger partial charge in [0, 0.05) is 39.3 Å². The molecule has 1 N–H and O–H groups in total. The van der Waals surface area contributed by atoms with Crippen molar-refractivity contribution in [2.75, 3.05) is 33.8 Å². The molecular formula is C23H36N4O2. The van der Waals surface area contributed by atoms with E-state index in [0.717, 1.165) is 45.0 Å². The summed E-state index contributed by atoms with van der Waals surface area (Å²) in [4.78, 5) is 21.1. The summed E-state index contributed by atoms with van der Waals surface area (Å²) < 4.78 is 4.89. The molecule has 29 heavy (non-hydrogen) atoms. The van der Waals surface area contributed by atoms with Gasteiger partial charge in [-0.25, -0.2) is 0 Å². The molecule has 3 rings (SSSR count). The largest absolute Gasteiger partial charge is 0.469 e. The van der Waals surface area contributed by atoms with Gasteiger partial charge in [-0.1, -0.05) is 30.7 Å². The lowest BCUT2D eigenvalue weighted by Crippen LogP contribution is -2.46. The molecule has 2 saturated heterocycles. The minimum atomic E-state index is -0.0894. The summed E-state index contributed by atoms with van der Waals surface area (Å²) >= 11 is 0. The van der Waals surface area contributed by atoms with Gasteiger partial charge in [-0.2, -0.15) is 0 Å². The molecule has 0 radical (unpaired) electrons. The molecular weight excluding hydrogens is 364 g/mol. The van der Waals surface area contributed by atoms with Crippen LogP contribution in [-0.4, -0.2) is 61.6 Å². The summed E-state index contributed by atoms with van der Waals surface area (Å²) in [6.07, 6.45) is 5.59. The Bertz CT molecular complexity index is 698. The third-order valence-corrected chi connectivity index (χ3v) is 6.41. The van der Waals surface area contributed by atoms with Crippen molar-refractivity contribution in [1.29, 1.82) is 0 Å². The summed E-state index contributed by atoms with van der Waals surface area (Å²) in [5.74, 6) is 0.838. The maximum absolute atomic E-state index is 11.8. The van der Waals surface area contributed by atoms with E-state index >= 15 is 0 Å². The first kappa shape index (κ1) is 21.6. The van der Waals surface area contributed by atoms with Crippen LogP contribution >= 0.6 is 0 Å². The van der Waals surface area contributed by atoms with Gasteiger partial charge in [-0.15, -0.1) is 0 Å². The highest BCUT2D eigenvalue weighted by molar-refractivity contribution is 5.80. The average Bonchev–Trinajstić information content (AvgIpc) is 2.76. The van der Waals surface area contributed by atoms with Gasteiger partial charge >= 0.3 is 5.97 Å². The quantitative estimate of drug-likeness (QED) is 0.468. The first-order valence-corrected chi connectivity index (χ1v) is 11.0. The summed E-state index contributed by atoms with van der Waals surface area (Å²) in [6, 6.07) is 9.38. The van der Waals surface area contributed by atoms with E-state index in [1.807, 2.05) is 7.05 Å². The molecule has 2 aliphatic heterocycles. The van der Waals surface area contributed by atoms with Crippen molar-refractivity contribution in [3.63, 3.8) is 0 Å². The maximum Gasteiger partial charge on any atom is 0.308 e. The zero-order chi connectivity index (χ0) is 20.6. The van der Waals surface area contributed by atoms with Gasteiger partial charge in [-0.3, -0.25) is 14.7 Å². The van der Waals surface area contributed by atoms with Crippen LogP contribution in [0.3, 0.4) is 0 Å². The SMILES string of the molecule is CN=C(NCc1ccccc1CN1CCCCC1C)N1CCC(C(=O)OC)CC1. The van der Waals surface area contributed by atoms with Crippen molar-refractivity contribution in [1.82, 2.24) is 15.1 Å². The van der Waals surface area contributed by atoms with Gasteiger partial charge in [0.15, 0.2) is 5.96 Å². The number of likely N-dealkylation sites (tertiary alicyclic amines) is 2. The number of methoxy groups -OCH3 is 1. The number of carbonyl (C=O) groups excluding carboxylic acids is 1. The molecule has 1 aromatic carbocycles. The molecule has 6 heteroatoms. The van der Waals surface area contributed by atoms with E-state index in [1.54, 1.807) is 0 Å². The lowest BCUT2D eigenvalue weighted by atomic mass is 9.97. The average molecular weight is 401 g/mol. The summed E-state index contributed by atoms with van der Waals surface area (Å²) in [5.41, 5.74) is 2.73. The van der Waals surface area contributed by atoms with Crippen LogP contribution in [0, 0.1) is 5.92 Å². The van der Waals surface area contributed by atoms with Gasteiger partial charge in [-0.05, 0) is 50.3 Å². The molecule has 0 spiro atoms. The molecule has 6 nitrogen and oxygen atoms in total. The fourth-order valence-corrected chi connectivity index (χ4v) is 4.50. The number of guanidine groups is 1. The molecule has 0 bridgehead atoms. The number of carbonyl (C=O) groups is 1. The minimum absolute atomic E-state index is 0.0154. The number of ether oxygens (including phenoxy) is 1. The molecule has 1 atom stereocenters. The Balaban J connectivity index is 1.57. The van der Waals surface area contributed by atoms with Crippen molar-refractivity contribution >= 4 is 11.9 Å². The Kier molecular flexibility index (Phi) is 7.92. The first-order chi connectivity index (χ1) is 14.1. The van der Waals surface area contributed by atoms with Gasteiger partial charge in [0.2, 0.25) is 0 Å². The van der Waals surface area contributed by atoms with E-state index in [2.05, 4.69) is 51.3 Å². The van der Waals surface area contributed by atoms with E-state index in [9.17, 15) is 4.79 Å². The van der Waals surface area contributed by atoms with Crippen molar-refractivity contribution < 1.29 is 9.53 Å². The van der Waals surface area contributed by atoms with Gasteiger partial charge in [0.25, 0.3) is 0 Å². The smallest absolute Gasteiger partial charge is 0.308 e. The number of nitrogens with zero attached hydrogens (tertiary/aromatic N) is 3. The highest BCUT2D eigenvalue weighted by Gasteiger charge is 2.27. The van der Waals surface area contributed by atoms with Gasteiger partial charge in [0.05, 0.1) is 13.0 Å². The maximum atomic E-state index is 11.8. The number of hydrogen-bond acceptors (Lipinski definition) is 4. The Hall–Kier alpha value is -2.08. The predicted octanol–water partition coefficient (Wildman–Crippen LogP) is 3.02. The molecule has 0 aliphatic carbocycles. The van der Waals surface area contributed by atoms with E-state index in [4.69, 9.17) is 4.74 Å². The normalized spacial score (nSPS) is 21.8. The molecule has 2 fully saturated rings. The first-order valence-electron chi connectivity index (χ1n) is 11.0. The number of nitrogens with one attached hydrogen (secondary N) is 1. The molecule has 2 aliphatic rings. The number of hydrogen-bond donors (Lipinski definition) is 1. The molecule has 160 valence electrons.